The lowest BCUT2D eigenvalue weighted by molar-refractivity contribution is 0.508. The summed E-state index contributed by atoms with van der Waals surface area (Å²) >= 11 is 5.79. The number of nitrogens with one attached hydrogen (secondary N) is 1. The molecule has 1 atom stereocenters. The average Bonchev–Trinajstić information content (AvgIpc) is 2.42. The van der Waals surface area contributed by atoms with Crippen molar-refractivity contribution in [1.82, 2.24) is 5.32 Å². The largest absolute Gasteiger partial charge is 0.306 e. The molecule has 20 heavy (non-hydrogen) atoms. The van der Waals surface area contributed by atoms with Gasteiger partial charge in [0.25, 0.3) is 0 Å². The molecule has 0 aliphatic carbocycles. The highest BCUT2D eigenvalue weighted by atomic mass is 35.5. The van der Waals surface area contributed by atoms with Gasteiger partial charge < -0.3 is 5.32 Å². The molecular formula is C15H13ClF3N. The van der Waals surface area contributed by atoms with E-state index < -0.39 is 23.5 Å². The second kappa shape index (κ2) is 6.29. The van der Waals surface area contributed by atoms with Crippen LogP contribution in [-0.4, -0.2) is 0 Å². The summed E-state index contributed by atoms with van der Waals surface area (Å²) in [5, 5.41) is 3.37. The molecule has 106 valence electrons. The van der Waals surface area contributed by atoms with Crippen LogP contribution < -0.4 is 5.32 Å². The third-order valence-corrected chi connectivity index (χ3v) is 3.27. The third-order valence-electron chi connectivity index (χ3n) is 3.03. The number of hydrogen-bond donors (Lipinski definition) is 1. The van der Waals surface area contributed by atoms with Gasteiger partial charge in [0.05, 0.1) is 0 Å². The van der Waals surface area contributed by atoms with Gasteiger partial charge in [-0.25, -0.2) is 13.2 Å². The molecule has 0 aliphatic heterocycles. The second-order valence-electron chi connectivity index (χ2n) is 4.50. The molecule has 5 heteroatoms. The SMILES string of the molecule is CC(NCc1cc(Cl)ccc1F)c1cc(F)ccc1F. The zero-order chi connectivity index (χ0) is 14.7. The van der Waals surface area contributed by atoms with Crippen molar-refractivity contribution in [1.29, 1.82) is 0 Å². The predicted molar refractivity (Wildman–Crippen MR) is 73.0 cm³/mol. The van der Waals surface area contributed by atoms with E-state index in [2.05, 4.69) is 5.32 Å². The summed E-state index contributed by atoms with van der Waals surface area (Å²) in [7, 11) is 0. The summed E-state index contributed by atoms with van der Waals surface area (Å²) < 4.78 is 40.2. The van der Waals surface area contributed by atoms with Crippen LogP contribution in [0.15, 0.2) is 36.4 Å². The fourth-order valence-electron chi connectivity index (χ4n) is 1.90. The lowest BCUT2D eigenvalue weighted by Crippen LogP contribution is -2.20. The molecule has 1 unspecified atom stereocenters. The van der Waals surface area contributed by atoms with E-state index in [-0.39, 0.29) is 12.1 Å². The van der Waals surface area contributed by atoms with Crippen molar-refractivity contribution in [3.05, 3.63) is 70.0 Å². The molecule has 0 saturated carbocycles. The standard InChI is InChI=1S/C15H13ClF3N/c1-9(13-7-12(17)3-5-15(13)19)20-8-10-6-11(16)2-4-14(10)18/h2-7,9,20H,8H2,1H3. The van der Waals surface area contributed by atoms with Crippen molar-refractivity contribution < 1.29 is 13.2 Å². The van der Waals surface area contributed by atoms with Gasteiger partial charge in [0, 0.05) is 28.7 Å². The quantitative estimate of drug-likeness (QED) is 0.869. The highest BCUT2D eigenvalue weighted by molar-refractivity contribution is 6.30. The van der Waals surface area contributed by atoms with Gasteiger partial charge in [0.1, 0.15) is 17.5 Å². The molecule has 0 saturated heterocycles. The van der Waals surface area contributed by atoms with Crippen molar-refractivity contribution in [2.24, 2.45) is 0 Å². The summed E-state index contributed by atoms with van der Waals surface area (Å²) in [4.78, 5) is 0. The summed E-state index contributed by atoms with van der Waals surface area (Å²) in [5.74, 6) is -1.41. The summed E-state index contributed by atoms with van der Waals surface area (Å²) in [6.07, 6.45) is 0. The molecule has 0 bridgehead atoms. The molecule has 2 aromatic carbocycles. The number of hydrogen-bond acceptors (Lipinski definition) is 1. The monoisotopic (exact) mass is 299 g/mol. The summed E-state index contributed by atoms with van der Waals surface area (Å²) in [6.45, 7) is 1.85. The predicted octanol–water partition coefficient (Wildman–Crippen LogP) is 4.61. The molecule has 0 spiro atoms. The van der Waals surface area contributed by atoms with Gasteiger partial charge >= 0.3 is 0 Å². The molecular weight excluding hydrogens is 287 g/mol. The van der Waals surface area contributed by atoms with Crippen molar-refractivity contribution in [3.8, 4) is 0 Å². The number of halogens is 4. The Labute approximate surface area is 120 Å². The third kappa shape index (κ3) is 3.52. The van der Waals surface area contributed by atoms with Crippen molar-refractivity contribution in [2.45, 2.75) is 19.5 Å². The Bertz CT molecular complexity index is 616. The Balaban J connectivity index is 2.10. The van der Waals surface area contributed by atoms with E-state index in [9.17, 15) is 13.2 Å². The number of rotatable bonds is 4. The minimum absolute atomic E-state index is 0.170. The lowest BCUT2D eigenvalue weighted by atomic mass is 10.1. The van der Waals surface area contributed by atoms with Crippen LogP contribution in [0.3, 0.4) is 0 Å². The van der Waals surface area contributed by atoms with E-state index in [4.69, 9.17) is 11.6 Å². The van der Waals surface area contributed by atoms with Gasteiger partial charge in [-0.3, -0.25) is 0 Å². The van der Waals surface area contributed by atoms with Gasteiger partial charge in [-0.15, -0.1) is 0 Å². The first-order valence-corrected chi connectivity index (χ1v) is 6.47. The maximum atomic E-state index is 13.6. The van der Waals surface area contributed by atoms with Crippen molar-refractivity contribution in [3.63, 3.8) is 0 Å². The molecule has 0 heterocycles. The van der Waals surface area contributed by atoms with Crippen LogP contribution in [0.1, 0.15) is 24.1 Å². The Hall–Kier alpha value is -1.52. The molecule has 0 fully saturated rings. The fraction of sp³-hybridized carbons (Fsp3) is 0.200. The average molecular weight is 300 g/mol. The van der Waals surface area contributed by atoms with Crippen LogP contribution in [0.5, 0.6) is 0 Å². The normalized spacial score (nSPS) is 12.4. The first-order valence-electron chi connectivity index (χ1n) is 6.09. The molecule has 1 N–H and O–H groups in total. The Morgan fingerprint density at radius 2 is 1.75 bits per heavy atom. The molecule has 0 amide bonds. The Morgan fingerprint density at radius 1 is 1.05 bits per heavy atom. The lowest BCUT2D eigenvalue weighted by Gasteiger charge is -2.15. The molecule has 0 radical (unpaired) electrons. The zero-order valence-electron chi connectivity index (χ0n) is 10.8. The minimum atomic E-state index is -0.510. The van der Waals surface area contributed by atoms with Crippen LogP contribution in [0.2, 0.25) is 5.02 Å². The van der Waals surface area contributed by atoms with Crippen LogP contribution in [-0.2, 0) is 6.54 Å². The summed E-state index contributed by atoms with van der Waals surface area (Å²) in [5.41, 5.74) is 0.577. The Kier molecular flexibility index (Phi) is 4.68. The van der Waals surface area contributed by atoms with Crippen molar-refractivity contribution >= 4 is 11.6 Å². The highest BCUT2D eigenvalue weighted by Gasteiger charge is 2.12. The maximum Gasteiger partial charge on any atom is 0.128 e. The van der Waals surface area contributed by atoms with Crippen molar-refractivity contribution in [2.75, 3.05) is 0 Å². The maximum absolute atomic E-state index is 13.6. The van der Waals surface area contributed by atoms with E-state index >= 15 is 0 Å². The molecule has 2 aromatic rings. The van der Waals surface area contributed by atoms with Crippen LogP contribution in [0, 0.1) is 17.5 Å². The van der Waals surface area contributed by atoms with Gasteiger partial charge in [0.2, 0.25) is 0 Å². The van der Waals surface area contributed by atoms with Gasteiger partial charge in [-0.05, 0) is 43.3 Å². The minimum Gasteiger partial charge on any atom is -0.306 e. The van der Waals surface area contributed by atoms with Gasteiger partial charge in [-0.1, -0.05) is 11.6 Å². The zero-order valence-corrected chi connectivity index (χ0v) is 11.5. The summed E-state index contributed by atoms with van der Waals surface area (Å²) in [6, 6.07) is 7.03. The molecule has 0 aliphatic rings. The topological polar surface area (TPSA) is 12.0 Å². The van der Waals surface area contributed by atoms with E-state index in [1.165, 1.54) is 18.2 Å². The van der Waals surface area contributed by atoms with E-state index in [1.807, 2.05) is 0 Å². The van der Waals surface area contributed by atoms with E-state index in [1.54, 1.807) is 6.92 Å². The van der Waals surface area contributed by atoms with Gasteiger partial charge in [-0.2, -0.15) is 0 Å². The first-order chi connectivity index (χ1) is 9.47. The highest BCUT2D eigenvalue weighted by Crippen LogP contribution is 2.20. The van der Waals surface area contributed by atoms with Crippen LogP contribution >= 0.6 is 11.6 Å². The second-order valence-corrected chi connectivity index (χ2v) is 4.94. The molecule has 1 nitrogen and oxygen atoms in total. The van der Waals surface area contributed by atoms with E-state index in [0.717, 1.165) is 18.2 Å². The van der Waals surface area contributed by atoms with Crippen LogP contribution in [0.25, 0.3) is 0 Å². The first kappa shape index (κ1) is 14.9. The number of benzene rings is 2. The van der Waals surface area contributed by atoms with E-state index in [0.29, 0.717) is 10.6 Å². The van der Waals surface area contributed by atoms with Gasteiger partial charge in [0.15, 0.2) is 0 Å². The smallest absolute Gasteiger partial charge is 0.128 e. The Morgan fingerprint density at radius 3 is 2.50 bits per heavy atom. The molecule has 0 aromatic heterocycles. The van der Waals surface area contributed by atoms with Crippen LogP contribution in [0.4, 0.5) is 13.2 Å². The molecule has 2 rings (SSSR count). The fourth-order valence-corrected chi connectivity index (χ4v) is 2.09.